The van der Waals surface area contributed by atoms with Gasteiger partial charge in [0.2, 0.25) is 5.91 Å². The van der Waals surface area contributed by atoms with E-state index in [0.717, 1.165) is 18.5 Å². The predicted octanol–water partition coefficient (Wildman–Crippen LogP) is 3.86. The molecular weight excluding hydrogens is 210 g/mol. The molecule has 1 rings (SSSR count). The molecule has 1 amide bonds. The van der Waals surface area contributed by atoms with E-state index >= 15 is 0 Å². The van der Waals surface area contributed by atoms with E-state index in [-0.39, 0.29) is 17.7 Å². The smallest absolute Gasteiger partial charge is 0.227 e. The third-order valence-electron chi connectivity index (χ3n) is 3.02. The molecule has 0 aliphatic carbocycles. The Morgan fingerprint density at radius 3 is 2.59 bits per heavy atom. The summed E-state index contributed by atoms with van der Waals surface area (Å²) in [5.74, 6) is 0.283. The Hall–Kier alpha value is -1.57. The fourth-order valence-electron chi connectivity index (χ4n) is 1.88. The molecule has 2 heteroatoms. The summed E-state index contributed by atoms with van der Waals surface area (Å²) in [5.41, 5.74) is 0.851. The fraction of sp³-hybridized carbons (Fsp3) is 0.400. The minimum Gasteiger partial charge on any atom is -0.326 e. The number of hydrogen-bond acceptors (Lipinski definition) is 1. The predicted molar refractivity (Wildman–Crippen MR) is 72.8 cm³/mol. The fourth-order valence-corrected chi connectivity index (χ4v) is 1.88. The van der Waals surface area contributed by atoms with E-state index in [1.165, 1.54) is 0 Å². The van der Waals surface area contributed by atoms with E-state index in [1.54, 1.807) is 0 Å². The molecule has 0 heterocycles. The average molecular weight is 231 g/mol. The van der Waals surface area contributed by atoms with Gasteiger partial charge >= 0.3 is 0 Å². The number of carbonyl (C=O) groups is 1. The number of hydrogen-bond donors (Lipinski definition) is 1. The summed E-state index contributed by atoms with van der Waals surface area (Å²) in [4.78, 5) is 12.0. The first-order valence-corrected chi connectivity index (χ1v) is 6.17. The van der Waals surface area contributed by atoms with E-state index in [2.05, 4.69) is 18.8 Å². The maximum absolute atomic E-state index is 12.0. The first-order valence-electron chi connectivity index (χ1n) is 6.17. The van der Waals surface area contributed by atoms with Crippen LogP contribution in [0.1, 0.15) is 26.7 Å². The van der Waals surface area contributed by atoms with Crippen LogP contribution in [0, 0.1) is 11.8 Å². The van der Waals surface area contributed by atoms with Crippen LogP contribution in [0.15, 0.2) is 43.0 Å². The lowest BCUT2D eigenvalue weighted by Crippen LogP contribution is -2.26. The largest absolute Gasteiger partial charge is 0.326 e. The highest BCUT2D eigenvalue weighted by Gasteiger charge is 2.20. The summed E-state index contributed by atoms with van der Waals surface area (Å²) < 4.78 is 0. The van der Waals surface area contributed by atoms with E-state index in [4.69, 9.17) is 0 Å². The third-order valence-corrected chi connectivity index (χ3v) is 3.02. The molecule has 0 aliphatic heterocycles. The summed E-state index contributed by atoms with van der Waals surface area (Å²) in [6.07, 6.45) is 3.96. The molecule has 0 fully saturated rings. The molecule has 2 atom stereocenters. The van der Waals surface area contributed by atoms with Gasteiger partial charge in [0, 0.05) is 11.6 Å². The minimum absolute atomic E-state index is 0.0346. The van der Waals surface area contributed by atoms with Gasteiger partial charge in [-0.25, -0.2) is 0 Å². The number of rotatable bonds is 6. The van der Waals surface area contributed by atoms with Gasteiger partial charge in [0.1, 0.15) is 0 Å². The van der Waals surface area contributed by atoms with Crippen LogP contribution in [0.4, 0.5) is 5.69 Å². The van der Waals surface area contributed by atoms with Crippen molar-refractivity contribution in [3.8, 4) is 0 Å². The highest BCUT2D eigenvalue weighted by atomic mass is 16.1. The highest BCUT2D eigenvalue weighted by molar-refractivity contribution is 5.92. The third kappa shape index (κ3) is 4.06. The van der Waals surface area contributed by atoms with E-state index in [0.29, 0.717) is 0 Å². The Kier molecular flexibility index (Phi) is 5.47. The van der Waals surface area contributed by atoms with Gasteiger partial charge in [-0.3, -0.25) is 4.79 Å². The molecule has 0 aliphatic rings. The van der Waals surface area contributed by atoms with Crippen molar-refractivity contribution >= 4 is 11.6 Å². The summed E-state index contributed by atoms with van der Waals surface area (Å²) in [6.45, 7) is 7.89. The molecule has 0 aromatic heterocycles. The zero-order valence-corrected chi connectivity index (χ0v) is 10.6. The number of amides is 1. The molecule has 1 aromatic rings. The van der Waals surface area contributed by atoms with Gasteiger partial charge in [-0.1, -0.05) is 44.5 Å². The van der Waals surface area contributed by atoms with Crippen molar-refractivity contribution in [1.82, 2.24) is 0 Å². The maximum Gasteiger partial charge on any atom is 0.227 e. The van der Waals surface area contributed by atoms with Crippen molar-refractivity contribution in [3.63, 3.8) is 0 Å². The topological polar surface area (TPSA) is 29.1 Å². The zero-order chi connectivity index (χ0) is 12.7. The summed E-state index contributed by atoms with van der Waals surface area (Å²) in [6, 6.07) is 9.55. The molecule has 17 heavy (non-hydrogen) atoms. The van der Waals surface area contributed by atoms with Crippen molar-refractivity contribution in [2.45, 2.75) is 26.7 Å². The Bertz CT molecular complexity index is 358. The Labute approximate surface area is 104 Å². The standard InChI is InChI=1S/C15H21NO/c1-4-9-13(5-2)12(3)15(17)16-14-10-7-6-8-11-14/h5-8,10-13H,2,4,9H2,1,3H3,(H,16,17)/t12-,13+/m1/s1. The second kappa shape index (κ2) is 6.89. The first kappa shape index (κ1) is 13.5. The van der Waals surface area contributed by atoms with Crippen LogP contribution >= 0.6 is 0 Å². The van der Waals surface area contributed by atoms with Crippen molar-refractivity contribution in [1.29, 1.82) is 0 Å². The summed E-state index contributed by atoms with van der Waals surface area (Å²) in [5, 5.41) is 2.93. The summed E-state index contributed by atoms with van der Waals surface area (Å²) >= 11 is 0. The quantitative estimate of drug-likeness (QED) is 0.740. The molecule has 0 radical (unpaired) electrons. The molecule has 0 saturated carbocycles. The Morgan fingerprint density at radius 1 is 1.41 bits per heavy atom. The number of nitrogens with one attached hydrogen (secondary N) is 1. The minimum atomic E-state index is -0.0346. The van der Waals surface area contributed by atoms with Gasteiger partial charge in [-0.05, 0) is 24.5 Å². The first-order chi connectivity index (χ1) is 8.19. The lowest BCUT2D eigenvalue weighted by molar-refractivity contribution is -0.120. The second-order valence-corrected chi connectivity index (χ2v) is 4.33. The summed E-state index contributed by atoms with van der Waals surface area (Å²) in [7, 11) is 0. The molecular formula is C15H21NO. The number of carbonyl (C=O) groups excluding carboxylic acids is 1. The number of benzene rings is 1. The van der Waals surface area contributed by atoms with Crippen LogP contribution in [-0.2, 0) is 4.79 Å². The molecule has 0 spiro atoms. The van der Waals surface area contributed by atoms with Crippen LogP contribution in [0.2, 0.25) is 0 Å². The van der Waals surface area contributed by atoms with Crippen molar-refractivity contribution in [3.05, 3.63) is 43.0 Å². The maximum atomic E-state index is 12.0. The molecule has 0 bridgehead atoms. The van der Waals surface area contributed by atoms with Gasteiger partial charge in [0.25, 0.3) is 0 Å². The monoisotopic (exact) mass is 231 g/mol. The molecule has 92 valence electrons. The molecule has 1 N–H and O–H groups in total. The number of allylic oxidation sites excluding steroid dienone is 1. The normalized spacial score (nSPS) is 13.8. The highest BCUT2D eigenvalue weighted by Crippen LogP contribution is 2.20. The van der Waals surface area contributed by atoms with Crippen LogP contribution in [-0.4, -0.2) is 5.91 Å². The Balaban J connectivity index is 2.60. The number of para-hydroxylation sites is 1. The van der Waals surface area contributed by atoms with Crippen molar-refractivity contribution in [2.75, 3.05) is 5.32 Å². The van der Waals surface area contributed by atoms with Crippen LogP contribution in [0.5, 0.6) is 0 Å². The number of anilines is 1. The van der Waals surface area contributed by atoms with E-state index in [1.807, 2.05) is 43.3 Å². The molecule has 2 nitrogen and oxygen atoms in total. The lowest BCUT2D eigenvalue weighted by Gasteiger charge is -2.19. The SMILES string of the molecule is C=C[C@@H](CCC)[C@@H](C)C(=O)Nc1ccccc1. The van der Waals surface area contributed by atoms with Crippen LogP contribution < -0.4 is 5.32 Å². The molecule has 0 saturated heterocycles. The average Bonchev–Trinajstić information content (AvgIpc) is 2.36. The second-order valence-electron chi connectivity index (χ2n) is 4.33. The zero-order valence-electron chi connectivity index (χ0n) is 10.6. The molecule has 0 unspecified atom stereocenters. The van der Waals surface area contributed by atoms with Gasteiger partial charge < -0.3 is 5.32 Å². The van der Waals surface area contributed by atoms with Gasteiger partial charge in [0.15, 0.2) is 0 Å². The van der Waals surface area contributed by atoms with Crippen molar-refractivity contribution < 1.29 is 4.79 Å². The van der Waals surface area contributed by atoms with Crippen molar-refractivity contribution in [2.24, 2.45) is 11.8 Å². The van der Waals surface area contributed by atoms with Gasteiger partial charge in [0.05, 0.1) is 0 Å². The van der Waals surface area contributed by atoms with E-state index < -0.39 is 0 Å². The lowest BCUT2D eigenvalue weighted by atomic mass is 9.89. The van der Waals surface area contributed by atoms with E-state index in [9.17, 15) is 4.79 Å². The molecule has 1 aromatic carbocycles. The van der Waals surface area contributed by atoms with Crippen LogP contribution in [0.25, 0.3) is 0 Å². The van der Waals surface area contributed by atoms with Gasteiger partial charge in [-0.2, -0.15) is 0 Å². The van der Waals surface area contributed by atoms with Gasteiger partial charge in [-0.15, -0.1) is 6.58 Å². The van der Waals surface area contributed by atoms with Crippen LogP contribution in [0.3, 0.4) is 0 Å². The Morgan fingerprint density at radius 2 is 2.06 bits per heavy atom.